The Kier molecular flexibility index (Phi) is 7.77. The van der Waals surface area contributed by atoms with Gasteiger partial charge in [0.2, 0.25) is 5.91 Å². The maximum Gasteiger partial charge on any atom is 0.222 e. The molecule has 1 N–H and O–H groups in total. The van der Waals surface area contributed by atoms with Gasteiger partial charge in [-0.1, -0.05) is 0 Å². The Hall–Kier alpha value is -0.280. The molecule has 1 aliphatic rings. The van der Waals surface area contributed by atoms with Crippen LogP contribution in [0.3, 0.4) is 0 Å². The van der Waals surface area contributed by atoms with Crippen molar-refractivity contribution in [2.75, 3.05) is 13.1 Å². The predicted octanol–water partition coefficient (Wildman–Crippen LogP) is 2.20. The Balaban J connectivity index is 0.00000225. The quantitative estimate of drug-likeness (QED) is 0.809. The molecular weight excluding hydrogens is 224 g/mol. The normalized spacial score (nSPS) is 19.6. The van der Waals surface area contributed by atoms with E-state index in [4.69, 9.17) is 0 Å². The number of carbonyl (C=O) groups is 1. The highest BCUT2D eigenvalue weighted by atomic mass is 35.5. The van der Waals surface area contributed by atoms with Crippen LogP contribution in [0.2, 0.25) is 0 Å². The molecule has 1 unspecified atom stereocenters. The molecule has 1 fully saturated rings. The van der Waals surface area contributed by atoms with Crippen LogP contribution in [0.25, 0.3) is 0 Å². The van der Waals surface area contributed by atoms with E-state index in [0.29, 0.717) is 24.4 Å². The Labute approximate surface area is 105 Å². The van der Waals surface area contributed by atoms with Gasteiger partial charge in [-0.15, -0.1) is 12.4 Å². The summed E-state index contributed by atoms with van der Waals surface area (Å²) in [6.07, 6.45) is 4.20. The number of nitrogens with one attached hydrogen (secondary N) is 1. The van der Waals surface area contributed by atoms with Gasteiger partial charge in [0, 0.05) is 25.0 Å². The van der Waals surface area contributed by atoms with Gasteiger partial charge in [0.05, 0.1) is 0 Å². The van der Waals surface area contributed by atoms with Crippen LogP contribution in [0.5, 0.6) is 0 Å². The smallest absolute Gasteiger partial charge is 0.222 e. The SMILES string of the molecule is CCN(C(=O)CCC1CCCN1)C(C)C.Cl. The highest BCUT2D eigenvalue weighted by molar-refractivity contribution is 5.85. The van der Waals surface area contributed by atoms with Gasteiger partial charge in [-0.3, -0.25) is 4.79 Å². The summed E-state index contributed by atoms with van der Waals surface area (Å²) < 4.78 is 0. The first-order chi connectivity index (χ1) is 7.15. The third-order valence-electron chi connectivity index (χ3n) is 3.15. The zero-order valence-electron chi connectivity index (χ0n) is 10.7. The lowest BCUT2D eigenvalue weighted by molar-refractivity contribution is -0.132. The van der Waals surface area contributed by atoms with Crippen LogP contribution in [-0.4, -0.2) is 36.0 Å². The van der Waals surface area contributed by atoms with E-state index >= 15 is 0 Å². The van der Waals surface area contributed by atoms with Gasteiger partial charge < -0.3 is 10.2 Å². The molecule has 0 aromatic rings. The van der Waals surface area contributed by atoms with Gasteiger partial charge in [-0.25, -0.2) is 0 Å². The second-order valence-corrected chi connectivity index (χ2v) is 4.61. The monoisotopic (exact) mass is 248 g/mol. The van der Waals surface area contributed by atoms with Crippen molar-refractivity contribution >= 4 is 18.3 Å². The molecule has 0 radical (unpaired) electrons. The number of nitrogens with zero attached hydrogens (tertiary/aromatic N) is 1. The van der Waals surface area contributed by atoms with E-state index in [1.54, 1.807) is 0 Å². The number of amides is 1. The lowest BCUT2D eigenvalue weighted by Gasteiger charge is -2.25. The zero-order chi connectivity index (χ0) is 11.3. The predicted molar refractivity (Wildman–Crippen MR) is 70.0 cm³/mol. The molecule has 0 aromatic heterocycles. The number of rotatable bonds is 5. The molecule has 0 aliphatic carbocycles. The standard InChI is InChI=1S/C12H24N2O.ClH/c1-4-14(10(2)3)12(15)8-7-11-6-5-9-13-11;/h10-11,13H,4-9H2,1-3H3;1H. The van der Waals surface area contributed by atoms with Crippen LogP contribution in [0.4, 0.5) is 0 Å². The van der Waals surface area contributed by atoms with Crippen LogP contribution in [0.15, 0.2) is 0 Å². The average molecular weight is 249 g/mol. The first-order valence-corrected chi connectivity index (χ1v) is 6.18. The maximum atomic E-state index is 11.9. The number of halogens is 1. The van der Waals surface area contributed by atoms with Crippen LogP contribution in [0.1, 0.15) is 46.5 Å². The van der Waals surface area contributed by atoms with Crippen molar-refractivity contribution in [2.24, 2.45) is 0 Å². The summed E-state index contributed by atoms with van der Waals surface area (Å²) in [6.45, 7) is 8.16. The summed E-state index contributed by atoms with van der Waals surface area (Å²) in [5.41, 5.74) is 0. The van der Waals surface area contributed by atoms with Crippen molar-refractivity contribution < 1.29 is 4.79 Å². The third kappa shape index (κ3) is 4.71. The topological polar surface area (TPSA) is 32.3 Å². The van der Waals surface area contributed by atoms with Crippen LogP contribution < -0.4 is 5.32 Å². The summed E-state index contributed by atoms with van der Waals surface area (Å²) in [6, 6.07) is 0.916. The molecule has 1 aliphatic heterocycles. The van der Waals surface area contributed by atoms with Crippen molar-refractivity contribution in [3.05, 3.63) is 0 Å². The minimum absolute atomic E-state index is 0. The summed E-state index contributed by atoms with van der Waals surface area (Å²) in [7, 11) is 0. The van der Waals surface area contributed by atoms with E-state index in [-0.39, 0.29) is 12.4 Å². The Bertz CT molecular complexity index is 203. The molecule has 1 rings (SSSR count). The van der Waals surface area contributed by atoms with Crippen molar-refractivity contribution in [3.63, 3.8) is 0 Å². The van der Waals surface area contributed by atoms with Gasteiger partial charge >= 0.3 is 0 Å². The summed E-state index contributed by atoms with van der Waals surface area (Å²) in [5.74, 6) is 0.307. The van der Waals surface area contributed by atoms with Crippen molar-refractivity contribution in [1.82, 2.24) is 10.2 Å². The lowest BCUT2D eigenvalue weighted by atomic mass is 10.1. The van der Waals surface area contributed by atoms with Crippen LogP contribution >= 0.6 is 12.4 Å². The first-order valence-electron chi connectivity index (χ1n) is 6.18. The highest BCUT2D eigenvalue weighted by Gasteiger charge is 2.18. The van der Waals surface area contributed by atoms with Gasteiger partial charge in [-0.05, 0) is 46.6 Å². The number of hydrogen-bond acceptors (Lipinski definition) is 2. The Morgan fingerprint density at radius 2 is 2.19 bits per heavy atom. The Morgan fingerprint density at radius 1 is 1.50 bits per heavy atom. The molecule has 1 saturated heterocycles. The fourth-order valence-corrected chi connectivity index (χ4v) is 2.27. The van der Waals surface area contributed by atoms with Crippen LogP contribution in [-0.2, 0) is 4.79 Å². The molecule has 0 spiro atoms. The van der Waals surface area contributed by atoms with E-state index in [1.165, 1.54) is 12.8 Å². The fourth-order valence-electron chi connectivity index (χ4n) is 2.27. The molecule has 0 saturated carbocycles. The summed E-state index contributed by atoms with van der Waals surface area (Å²) >= 11 is 0. The summed E-state index contributed by atoms with van der Waals surface area (Å²) in [4.78, 5) is 13.8. The van der Waals surface area contributed by atoms with Crippen LogP contribution in [0, 0.1) is 0 Å². The molecule has 0 aromatic carbocycles. The lowest BCUT2D eigenvalue weighted by Crippen LogP contribution is -2.37. The molecule has 1 amide bonds. The molecule has 3 nitrogen and oxygen atoms in total. The molecule has 16 heavy (non-hydrogen) atoms. The second kappa shape index (κ2) is 7.91. The van der Waals surface area contributed by atoms with Gasteiger partial charge in [0.15, 0.2) is 0 Å². The van der Waals surface area contributed by atoms with Crippen molar-refractivity contribution in [1.29, 1.82) is 0 Å². The Morgan fingerprint density at radius 3 is 2.62 bits per heavy atom. The first kappa shape index (κ1) is 15.7. The summed E-state index contributed by atoms with van der Waals surface area (Å²) in [5, 5.41) is 3.43. The molecular formula is C12H25ClN2O. The van der Waals surface area contributed by atoms with Crippen molar-refractivity contribution in [3.8, 4) is 0 Å². The minimum atomic E-state index is 0. The van der Waals surface area contributed by atoms with E-state index in [2.05, 4.69) is 19.2 Å². The van der Waals surface area contributed by atoms with Gasteiger partial charge in [0.25, 0.3) is 0 Å². The maximum absolute atomic E-state index is 11.9. The third-order valence-corrected chi connectivity index (χ3v) is 3.15. The molecule has 4 heteroatoms. The fraction of sp³-hybridized carbons (Fsp3) is 0.917. The highest BCUT2D eigenvalue weighted by Crippen LogP contribution is 2.12. The van der Waals surface area contributed by atoms with Gasteiger partial charge in [-0.2, -0.15) is 0 Å². The van der Waals surface area contributed by atoms with E-state index < -0.39 is 0 Å². The molecule has 1 atom stereocenters. The van der Waals surface area contributed by atoms with Gasteiger partial charge in [0.1, 0.15) is 0 Å². The largest absolute Gasteiger partial charge is 0.341 e. The average Bonchev–Trinajstić information content (AvgIpc) is 2.67. The minimum Gasteiger partial charge on any atom is -0.341 e. The molecule has 0 bridgehead atoms. The molecule has 96 valence electrons. The zero-order valence-corrected chi connectivity index (χ0v) is 11.5. The van der Waals surface area contributed by atoms with E-state index in [0.717, 1.165) is 19.5 Å². The number of hydrogen-bond donors (Lipinski definition) is 1. The van der Waals surface area contributed by atoms with Crippen molar-refractivity contribution in [2.45, 2.75) is 58.5 Å². The van der Waals surface area contributed by atoms with E-state index in [1.807, 2.05) is 11.8 Å². The number of carbonyl (C=O) groups excluding carboxylic acids is 1. The second-order valence-electron chi connectivity index (χ2n) is 4.61. The molecule has 1 heterocycles. The van der Waals surface area contributed by atoms with E-state index in [9.17, 15) is 4.79 Å².